The second-order valence-electron chi connectivity index (χ2n) is 10.6. The Kier molecular flexibility index (Phi) is 10.1. The van der Waals surface area contributed by atoms with E-state index in [-0.39, 0.29) is 12.1 Å². The summed E-state index contributed by atoms with van der Waals surface area (Å²) in [5.74, 6) is -1.67. The molecule has 5 aromatic rings. The minimum atomic E-state index is -0.997. The molecule has 2 N–H and O–H groups in total. The molecule has 0 aliphatic heterocycles. The molecule has 0 unspecified atom stereocenters. The number of nitrogens with zero attached hydrogens (tertiary/aromatic N) is 5. The summed E-state index contributed by atoms with van der Waals surface area (Å²) < 4.78 is 16.8. The molecule has 11 heteroatoms. The van der Waals surface area contributed by atoms with E-state index >= 15 is 4.39 Å². The van der Waals surface area contributed by atoms with Crippen molar-refractivity contribution in [2.45, 2.75) is 19.0 Å². The van der Waals surface area contributed by atoms with Gasteiger partial charge >= 0.3 is 0 Å². The number of amides is 2. The largest absolute Gasteiger partial charge is 0.340 e. The highest BCUT2D eigenvalue weighted by atomic mass is 35.5. The lowest BCUT2D eigenvalue weighted by molar-refractivity contribution is -0.123. The van der Waals surface area contributed by atoms with Crippen LogP contribution in [0.25, 0.3) is 22.9 Å². The van der Waals surface area contributed by atoms with E-state index in [0.29, 0.717) is 28.4 Å². The highest BCUT2D eigenvalue weighted by molar-refractivity contribution is 6.30. The molecule has 2 amide bonds. The van der Waals surface area contributed by atoms with Crippen molar-refractivity contribution in [3.63, 3.8) is 0 Å². The van der Waals surface area contributed by atoms with Crippen LogP contribution >= 0.6 is 11.6 Å². The van der Waals surface area contributed by atoms with Crippen molar-refractivity contribution < 1.29 is 14.0 Å². The van der Waals surface area contributed by atoms with Crippen molar-refractivity contribution >= 4 is 35.2 Å². The number of anilines is 1. The van der Waals surface area contributed by atoms with E-state index in [1.54, 1.807) is 30.3 Å². The van der Waals surface area contributed by atoms with Crippen molar-refractivity contribution in [2.24, 2.45) is 0 Å². The van der Waals surface area contributed by atoms with E-state index in [9.17, 15) is 9.59 Å². The highest BCUT2D eigenvalue weighted by Gasteiger charge is 2.22. The molecule has 0 saturated heterocycles. The first-order valence-electron chi connectivity index (χ1n) is 14.2. The molecule has 5 rings (SSSR count). The first kappa shape index (κ1) is 31.2. The van der Waals surface area contributed by atoms with Gasteiger partial charge in [0.05, 0.1) is 11.4 Å². The Hall–Kier alpha value is -5.19. The van der Waals surface area contributed by atoms with Crippen LogP contribution in [0, 0.1) is 5.82 Å². The van der Waals surface area contributed by atoms with Gasteiger partial charge in [-0.2, -0.15) is 4.68 Å². The summed E-state index contributed by atoms with van der Waals surface area (Å²) in [5.41, 5.74) is 4.70. The van der Waals surface area contributed by atoms with E-state index in [1.807, 2.05) is 73.6 Å². The van der Waals surface area contributed by atoms with Gasteiger partial charge in [-0.25, -0.2) is 4.39 Å². The quantitative estimate of drug-likeness (QED) is 0.187. The normalized spacial score (nSPS) is 11.9. The molecule has 1 aromatic heterocycles. The summed E-state index contributed by atoms with van der Waals surface area (Å²) in [7, 11) is 3.95. The molecule has 45 heavy (non-hydrogen) atoms. The summed E-state index contributed by atoms with van der Waals surface area (Å²) in [4.78, 5) is 28.6. The summed E-state index contributed by atoms with van der Waals surface area (Å²) in [5, 5.41) is 17.1. The lowest BCUT2D eigenvalue weighted by Crippen LogP contribution is -2.44. The SMILES string of the molecule is CN(C)Cc1ccccc1-c1ccc(NC(=O)[C@H](Cc2ccccc2)NC(=O)/C=C/c2cc(Cl)ccc2-n2cnnn2)c(F)c1. The fourth-order valence-electron chi connectivity index (χ4n) is 4.87. The molecule has 228 valence electrons. The van der Waals surface area contributed by atoms with Crippen LogP contribution in [-0.2, 0) is 22.6 Å². The maximum Gasteiger partial charge on any atom is 0.247 e. The molecule has 9 nitrogen and oxygen atoms in total. The van der Waals surface area contributed by atoms with Crippen LogP contribution in [0.15, 0.2) is 103 Å². The third kappa shape index (κ3) is 8.26. The van der Waals surface area contributed by atoms with Gasteiger partial charge in [0.1, 0.15) is 18.2 Å². The molecule has 0 aliphatic carbocycles. The predicted molar refractivity (Wildman–Crippen MR) is 173 cm³/mol. The maximum absolute atomic E-state index is 15.4. The van der Waals surface area contributed by atoms with E-state index < -0.39 is 23.7 Å². The Morgan fingerprint density at radius 1 is 1.00 bits per heavy atom. The fourth-order valence-corrected chi connectivity index (χ4v) is 5.05. The second-order valence-corrected chi connectivity index (χ2v) is 11.1. The lowest BCUT2D eigenvalue weighted by atomic mass is 9.99. The summed E-state index contributed by atoms with van der Waals surface area (Å²) in [6.45, 7) is 0.696. The zero-order valence-electron chi connectivity index (χ0n) is 24.7. The van der Waals surface area contributed by atoms with Crippen LogP contribution in [0.5, 0.6) is 0 Å². The van der Waals surface area contributed by atoms with Gasteiger partial charge < -0.3 is 15.5 Å². The van der Waals surface area contributed by atoms with Crippen molar-refractivity contribution in [3.8, 4) is 16.8 Å². The smallest absolute Gasteiger partial charge is 0.247 e. The highest BCUT2D eigenvalue weighted by Crippen LogP contribution is 2.28. The van der Waals surface area contributed by atoms with Crippen molar-refractivity contribution in [1.29, 1.82) is 0 Å². The first-order chi connectivity index (χ1) is 21.8. The number of benzene rings is 4. The second kappa shape index (κ2) is 14.5. The van der Waals surface area contributed by atoms with Gasteiger partial charge in [0.2, 0.25) is 11.8 Å². The Bertz CT molecular complexity index is 1810. The van der Waals surface area contributed by atoms with Crippen molar-refractivity contribution in [3.05, 3.63) is 131 Å². The minimum Gasteiger partial charge on any atom is -0.340 e. The van der Waals surface area contributed by atoms with Crippen LogP contribution < -0.4 is 10.6 Å². The number of nitrogens with one attached hydrogen (secondary N) is 2. The van der Waals surface area contributed by atoms with E-state index in [1.165, 1.54) is 29.2 Å². The molecule has 4 aromatic carbocycles. The monoisotopic (exact) mass is 623 g/mol. The number of rotatable bonds is 11. The Balaban J connectivity index is 1.35. The average molecular weight is 624 g/mol. The number of carbonyl (C=O) groups is 2. The number of tetrazole rings is 1. The summed E-state index contributed by atoms with van der Waals surface area (Å²) >= 11 is 6.19. The number of aromatic nitrogens is 4. The van der Waals surface area contributed by atoms with Crippen LogP contribution in [0.4, 0.5) is 10.1 Å². The van der Waals surface area contributed by atoms with Gasteiger partial charge in [-0.15, -0.1) is 5.10 Å². The molecular weight excluding hydrogens is 593 g/mol. The molecule has 1 heterocycles. The van der Waals surface area contributed by atoms with Crippen LogP contribution in [0.2, 0.25) is 5.02 Å². The first-order valence-corrected chi connectivity index (χ1v) is 14.5. The predicted octanol–water partition coefficient (Wildman–Crippen LogP) is 5.56. The van der Waals surface area contributed by atoms with Crippen LogP contribution in [-0.4, -0.2) is 57.1 Å². The molecule has 0 saturated carbocycles. The van der Waals surface area contributed by atoms with Crippen molar-refractivity contribution in [1.82, 2.24) is 30.4 Å². The maximum atomic E-state index is 15.4. The third-order valence-corrected chi connectivity index (χ3v) is 7.19. The van der Waals surface area contributed by atoms with Gasteiger partial charge in [0, 0.05) is 29.6 Å². The Morgan fingerprint density at radius 3 is 2.51 bits per heavy atom. The van der Waals surface area contributed by atoms with Gasteiger partial charge in [0.25, 0.3) is 0 Å². The standard InChI is InChI=1S/C34H31ClFN7O2/c1-42(2)21-26-10-6-7-11-28(26)24-12-15-30(29(36)20-24)39-34(45)31(18-23-8-4-3-5-9-23)38-33(44)17-13-25-19-27(35)14-16-32(25)43-22-37-40-41-43/h3-17,19-20,22,31H,18,21H2,1-2H3,(H,38,44)(H,39,45)/b17-13+/t31-/m0/s1. The molecule has 0 fully saturated rings. The molecule has 1 atom stereocenters. The zero-order chi connectivity index (χ0) is 31.8. The minimum absolute atomic E-state index is 0.0155. The summed E-state index contributed by atoms with van der Waals surface area (Å²) in [6, 6.07) is 25.9. The number of carbonyl (C=O) groups excluding carboxylic acids is 2. The van der Waals surface area contributed by atoms with Crippen LogP contribution in [0.3, 0.4) is 0 Å². The van der Waals surface area contributed by atoms with Gasteiger partial charge in [-0.1, -0.05) is 72.3 Å². The molecule has 0 aliphatic rings. The number of hydrogen-bond donors (Lipinski definition) is 2. The molecule has 0 bridgehead atoms. The van der Waals surface area contributed by atoms with Crippen LogP contribution in [0.1, 0.15) is 16.7 Å². The van der Waals surface area contributed by atoms with E-state index in [2.05, 4.69) is 26.2 Å². The van der Waals surface area contributed by atoms with Gasteiger partial charge in [-0.3, -0.25) is 9.59 Å². The molecule has 0 radical (unpaired) electrons. The summed E-state index contributed by atoms with van der Waals surface area (Å²) in [6.07, 6.45) is 4.47. The van der Waals surface area contributed by atoms with E-state index in [0.717, 1.165) is 16.7 Å². The van der Waals surface area contributed by atoms with Gasteiger partial charge in [0.15, 0.2) is 0 Å². The molecular formula is C34H31ClFN7O2. The van der Waals surface area contributed by atoms with Crippen molar-refractivity contribution in [2.75, 3.05) is 19.4 Å². The Morgan fingerprint density at radius 2 is 1.78 bits per heavy atom. The topological polar surface area (TPSA) is 105 Å². The lowest BCUT2D eigenvalue weighted by Gasteiger charge is -2.19. The van der Waals surface area contributed by atoms with Gasteiger partial charge in [-0.05, 0) is 83.2 Å². The van der Waals surface area contributed by atoms with E-state index in [4.69, 9.17) is 11.6 Å². The average Bonchev–Trinajstić information content (AvgIpc) is 3.56. The number of hydrogen-bond acceptors (Lipinski definition) is 6. The Labute approximate surface area is 265 Å². The third-order valence-electron chi connectivity index (χ3n) is 6.96. The fraction of sp³-hybridized carbons (Fsp3) is 0.147. The zero-order valence-corrected chi connectivity index (χ0v) is 25.4. The number of halogens is 2. The molecule has 0 spiro atoms.